The van der Waals surface area contributed by atoms with Crippen LogP contribution in [-0.4, -0.2) is 25.3 Å². The first kappa shape index (κ1) is 13.0. The van der Waals surface area contributed by atoms with Gasteiger partial charge in [-0.15, -0.1) is 0 Å². The molecule has 0 spiro atoms. The summed E-state index contributed by atoms with van der Waals surface area (Å²) >= 11 is 0. The first-order chi connectivity index (χ1) is 7.03. The lowest BCUT2D eigenvalue weighted by atomic mass is 9.96. The van der Waals surface area contributed by atoms with Crippen LogP contribution in [0, 0.1) is 5.92 Å². The van der Waals surface area contributed by atoms with Gasteiger partial charge in [0.2, 0.25) is 0 Å². The quantitative estimate of drug-likeness (QED) is 0.669. The second-order valence-electron chi connectivity index (χ2n) is 5.64. The molecule has 2 heteroatoms. The zero-order valence-electron chi connectivity index (χ0n) is 10.8. The van der Waals surface area contributed by atoms with E-state index in [0.29, 0.717) is 0 Å². The fourth-order valence-electron chi connectivity index (χ4n) is 1.74. The van der Waals surface area contributed by atoms with Crippen LogP contribution in [0.3, 0.4) is 0 Å². The van der Waals surface area contributed by atoms with Gasteiger partial charge in [0.15, 0.2) is 0 Å². The molecule has 1 atom stereocenters. The highest BCUT2D eigenvalue weighted by molar-refractivity contribution is 4.81. The average Bonchev–Trinajstić information content (AvgIpc) is 2.98. The van der Waals surface area contributed by atoms with Gasteiger partial charge in [-0.05, 0) is 52.0 Å². The van der Waals surface area contributed by atoms with Crippen LogP contribution in [0.15, 0.2) is 0 Å². The van der Waals surface area contributed by atoms with Crippen LogP contribution in [0.1, 0.15) is 52.9 Å². The van der Waals surface area contributed by atoms with Crippen molar-refractivity contribution in [1.82, 2.24) is 5.32 Å². The number of nitrogens with one attached hydrogen (secondary N) is 1. The van der Waals surface area contributed by atoms with Crippen LogP contribution in [0.5, 0.6) is 0 Å². The number of rotatable bonds is 8. The van der Waals surface area contributed by atoms with Gasteiger partial charge in [-0.3, -0.25) is 0 Å². The Bertz CT molecular complexity index is 175. The highest BCUT2D eigenvalue weighted by atomic mass is 16.5. The van der Waals surface area contributed by atoms with Crippen LogP contribution in [-0.2, 0) is 4.74 Å². The summed E-state index contributed by atoms with van der Waals surface area (Å²) in [7, 11) is 1.80. The Morgan fingerprint density at radius 3 is 2.60 bits per heavy atom. The summed E-state index contributed by atoms with van der Waals surface area (Å²) in [4.78, 5) is 0. The third-order valence-electron chi connectivity index (χ3n) is 3.36. The maximum Gasteiger partial charge on any atom is 0.0622 e. The Kier molecular flexibility index (Phi) is 5.07. The summed E-state index contributed by atoms with van der Waals surface area (Å²) in [6.45, 7) is 7.87. The van der Waals surface area contributed by atoms with Gasteiger partial charge in [0.05, 0.1) is 5.60 Å². The molecule has 1 aliphatic rings. The summed E-state index contributed by atoms with van der Waals surface area (Å²) < 4.78 is 5.41. The Hall–Kier alpha value is -0.0800. The predicted octanol–water partition coefficient (Wildman–Crippen LogP) is 2.97. The minimum absolute atomic E-state index is 0.0592. The van der Waals surface area contributed by atoms with Crippen molar-refractivity contribution in [3.63, 3.8) is 0 Å². The van der Waals surface area contributed by atoms with Gasteiger partial charge in [-0.25, -0.2) is 0 Å². The zero-order chi connectivity index (χ0) is 11.3. The molecule has 2 nitrogen and oxygen atoms in total. The highest BCUT2D eigenvalue weighted by Gasteiger charge is 2.21. The van der Waals surface area contributed by atoms with E-state index >= 15 is 0 Å². The maximum atomic E-state index is 5.41. The van der Waals surface area contributed by atoms with E-state index in [1.807, 2.05) is 0 Å². The monoisotopic (exact) mass is 213 g/mol. The van der Waals surface area contributed by atoms with Gasteiger partial charge in [0.1, 0.15) is 0 Å². The number of methoxy groups -OCH3 is 1. The van der Waals surface area contributed by atoms with Gasteiger partial charge in [0, 0.05) is 13.2 Å². The molecule has 0 bridgehead atoms. The van der Waals surface area contributed by atoms with Crippen molar-refractivity contribution in [2.45, 2.75) is 64.5 Å². The molecule has 0 radical (unpaired) electrons. The van der Waals surface area contributed by atoms with Gasteiger partial charge < -0.3 is 10.1 Å². The second kappa shape index (κ2) is 5.86. The Labute approximate surface area is 94.8 Å². The van der Waals surface area contributed by atoms with E-state index in [-0.39, 0.29) is 5.60 Å². The molecule has 0 aromatic rings. The second-order valence-corrected chi connectivity index (χ2v) is 5.64. The molecule has 1 N–H and O–H groups in total. The first-order valence-corrected chi connectivity index (χ1v) is 6.32. The molecule has 0 amide bonds. The van der Waals surface area contributed by atoms with Crippen molar-refractivity contribution >= 4 is 0 Å². The molecule has 90 valence electrons. The van der Waals surface area contributed by atoms with Crippen LogP contribution in [0.2, 0.25) is 0 Å². The van der Waals surface area contributed by atoms with E-state index in [1.54, 1.807) is 7.11 Å². The number of hydrogen-bond acceptors (Lipinski definition) is 2. The predicted molar refractivity (Wildman–Crippen MR) is 65.1 cm³/mol. The van der Waals surface area contributed by atoms with Gasteiger partial charge in [-0.2, -0.15) is 0 Å². The Morgan fingerprint density at radius 2 is 2.07 bits per heavy atom. The molecule has 0 aliphatic heterocycles. The van der Waals surface area contributed by atoms with Crippen molar-refractivity contribution in [2.24, 2.45) is 5.92 Å². The summed E-state index contributed by atoms with van der Waals surface area (Å²) in [6.07, 6.45) is 6.53. The summed E-state index contributed by atoms with van der Waals surface area (Å²) in [5.41, 5.74) is 0.0592. The molecular formula is C13H27NO. The zero-order valence-corrected chi connectivity index (χ0v) is 10.8. The molecular weight excluding hydrogens is 186 g/mol. The molecule has 15 heavy (non-hydrogen) atoms. The SMILES string of the molecule is COC(C)(C)CCCC(C)CNC1CC1. The van der Waals surface area contributed by atoms with Crippen LogP contribution in [0.4, 0.5) is 0 Å². The van der Waals surface area contributed by atoms with Gasteiger partial charge in [-0.1, -0.05) is 13.3 Å². The van der Waals surface area contributed by atoms with Crippen LogP contribution >= 0.6 is 0 Å². The van der Waals surface area contributed by atoms with E-state index < -0.39 is 0 Å². The molecule has 1 fully saturated rings. The lowest BCUT2D eigenvalue weighted by Gasteiger charge is -2.23. The first-order valence-electron chi connectivity index (χ1n) is 6.32. The molecule has 1 saturated carbocycles. The largest absolute Gasteiger partial charge is 0.379 e. The van der Waals surface area contributed by atoms with E-state index in [0.717, 1.165) is 18.4 Å². The minimum Gasteiger partial charge on any atom is -0.379 e. The Morgan fingerprint density at radius 1 is 1.40 bits per heavy atom. The van der Waals surface area contributed by atoms with Gasteiger partial charge >= 0.3 is 0 Å². The van der Waals surface area contributed by atoms with E-state index in [9.17, 15) is 0 Å². The Balaban J connectivity index is 1.97. The fourth-order valence-corrected chi connectivity index (χ4v) is 1.74. The van der Waals surface area contributed by atoms with Crippen molar-refractivity contribution < 1.29 is 4.74 Å². The molecule has 1 unspecified atom stereocenters. The molecule has 0 aromatic carbocycles. The van der Waals surface area contributed by atoms with E-state index in [2.05, 4.69) is 26.1 Å². The number of hydrogen-bond donors (Lipinski definition) is 1. The van der Waals surface area contributed by atoms with E-state index in [4.69, 9.17) is 4.74 Å². The topological polar surface area (TPSA) is 21.3 Å². The summed E-state index contributed by atoms with van der Waals surface area (Å²) in [5.74, 6) is 0.804. The third kappa shape index (κ3) is 6.16. The molecule has 1 rings (SSSR count). The fraction of sp³-hybridized carbons (Fsp3) is 1.00. The molecule has 1 aliphatic carbocycles. The average molecular weight is 213 g/mol. The van der Waals surface area contributed by atoms with Crippen LogP contribution < -0.4 is 5.32 Å². The van der Waals surface area contributed by atoms with Gasteiger partial charge in [0.25, 0.3) is 0 Å². The van der Waals surface area contributed by atoms with E-state index in [1.165, 1.54) is 32.2 Å². The normalized spacial score (nSPS) is 19.2. The molecule has 0 heterocycles. The van der Waals surface area contributed by atoms with Crippen LogP contribution in [0.25, 0.3) is 0 Å². The minimum atomic E-state index is 0.0592. The van der Waals surface area contributed by atoms with Crippen molar-refractivity contribution in [2.75, 3.05) is 13.7 Å². The summed E-state index contributed by atoms with van der Waals surface area (Å²) in [6, 6.07) is 0.850. The lowest BCUT2D eigenvalue weighted by Crippen LogP contribution is -2.25. The molecule has 0 saturated heterocycles. The summed E-state index contributed by atoms with van der Waals surface area (Å²) in [5, 5.41) is 3.59. The number of ether oxygens (including phenoxy) is 1. The smallest absolute Gasteiger partial charge is 0.0622 e. The molecule has 0 aromatic heterocycles. The van der Waals surface area contributed by atoms with Crippen molar-refractivity contribution in [3.8, 4) is 0 Å². The third-order valence-corrected chi connectivity index (χ3v) is 3.36. The maximum absolute atomic E-state index is 5.41. The lowest BCUT2D eigenvalue weighted by molar-refractivity contribution is 0.0127. The van der Waals surface area contributed by atoms with Crippen molar-refractivity contribution in [3.05, 3.63) is 0 Å². The van der Waals surface area contributed by atoms with Crippen molar-refractivity contribution in [1.29, 1.82) is 0 Å². The standard InChI is InChI=1S/C13H27NO/c1-11(10-14-12-7-8-12)6-5-9-13(2,3)15-4/h11-12,14H,5-10H2,1-4H3. The highest BCUT2D eigenvalue weighted by Crippen LogP contribution is 2.21.